The van der Waals surface area contributed by atoms with E-state index in [4.69, 9.17) is 0 Å². The van der Waals surface area contributed by atoms with Gasteiger partial charge in [0.15, 0.2) is 8.87 Å². The van der Waals surface area contributed by atoms with Crippen molar-refractivity contribution in [1.82, 2.24) is 26.6 Å². The highest BCUT2D eigenvalue weighted by Gasteiger charge is 2.42. The Morgan fingerprint density at radius 1 is 0.821 bits per heavy atom. The molecule has 224 valence electrons. The number of carbonyl (C=O) groups is 4. The molecule has 2 saturated heterocycles. The maximum atomic E-state index is 12.0. The van der Waals surface area contributed by atoms with Gasteiger partial charge in [-0.15, -0.1) is 0 Å². The number of unbranched alkanes of at least 4 members (excludes halogenated alkanes) is 5. The predicted molar refractivity (Wildman–Crippen MR) is 157 cm³/mol. The molecule has 2 heterocycles. The molecule has 5 N–H and O–H groups in total. The molecule has 5 amide bonds. The number of amides is 5. The van der Waals surface area contributed by atoms with Crippen LogP contribution >= 0.6 is 22.6 Å². The number of fused-ring (bicyclic) bond motifs is 1. The van der Waals surface area contributed by atoms with Crippen molar-refractivity contribution in [2.75, 3.05) is 37.4 Å². The molecular weight excluding hydrogens is 563 g/mol. The van der Waals surface area contributed by atoms with Crippen LogP contribution in [-0.2, 0) is 23.3 Å². The first-order valence-electron chi connectivity index (χ1n) is 14.0. The molecule has 2 fully saturated rings. The quantitative estimate of drug-likeness (QED) is 0.0750. The Morgan fingerprint density at radius 3 is 1.92 bits per heavy atom. The van der Waals surface area contributed by atoms with E-state index >= 15 is 0 Å². The van der Waals surface area contributed by atoms with Gasteiger partial charge in [0, 0.05) is 61.9 Å². The Balaban J connectivity index is 1.32. The maximum Gasteiger partial charge on any atom is 0.315 e. The first kappa shape index (κ1) is 33.5. The van der Waals surface area contributed by atoms with E-state index in [1.807, 2.05) is 11.8 Å². The van der Waals surface area contributed by atoms with Gasteiger partial charge in [-0.05, 0) is 49.3 Å². The van der Waals surface area contributed by atoms with Gasteiger partial charge in [0.2, 0.25) is 17.7 Å². The summed E-state index contributed by atoms with van der Waals surface area (Å²) in [6.07, 6.45) is 10.3. The van der Waals surface area contributed by atoms with E-state index in [1.165, 1.54) is 0 Å². The molecule has 0 radical (unpaired) electrons. The highest BCUT2D eigenvalue weighted by atomic mass is 33.1. The zero-order chi connectivity index (χ0) is 28.5. The minimum absolute atomic E-state index is 0.0276. The summed E-state index contributed by atoms with van der Waals surface area (Å²) >= 11 is 1.90. The molecule has 2 unspecified atom stereocenters. The van der Waals surface area contributed by atoms with E-state index in [-0.39, 0.29) is 35.8 Å². The van der Waals surface area contributed by atoms with E-state index in [1.54, 1.807) is 0 Å². The summed E-state index contributed by atoms with van der Waals surface area (Å²) in [5, 5.41) is 14.9. The maximum absolute atomic E-state index is 12.0. The van der Waals surface area contributed by atoms with Gasteiger partial charge in [-0.1, -0.05) is 19.3 Å². The Bertz CT molecular complexity index is 905. The minimum Gasteiger partial charge on any atom is -0.356 e. The van der Waals surface area contributed by atoms with Gasteiger partial charge in [0.05, 0.1) is 12.1 Å². The molecule has 11 nitrogen and oxygen atoms in total. The van der Waals surface area contributed by atoms with Crippen LogP contribution in [0.2, 0.25) is 0 Å². The Kier molecular flexibility index (Phi) is 16.0. The molecule has 0 aromatic heterocycles. The summed E-state index contributed by atoms with van der Waals surface area (Å²) in [6.45, 7) is 1.56. The third-order valence-corrected chi connectivity index (χ3v) is 10.7. The van der Waals surface area contributed by atoms with Crippen LogP contribution < -0.4 is 26.6 Å². The van der Waals surface area contributed by atoms with Gasteiger partial charge in [-0.25, -0.2) is 13.2 Å². The molecule has 0 aliphatic carbocycles. The van der Waals surface area contributed by atoms with Crippen LogP contribution in [0.1, 0.15) is 77.0 Å². The van der Waals surface area contributed by atoms with Crippen molar-refractivity contribution in [3.8, 4) is 0 Å². The van der Waals surface area contributed by atoms with Crippen molar-refractivity contribution < 1.29 is 27.6 Å². The number of thioether (sulfide) groups is 1. The normalized spacial score (nSPS) is 20.1. The average molecular weight is 608 g/mol. The Hall–Kier alpha value is -1.67. The second-order valence-electron chi connectivity index (χ2n) is 10.1. The summed E-state index contributed by atoms with van der Waals surface area (Å²) in [5.41, 5.74) is 0. The second-order valence-corrected chi connectivity index (χ2v) is 15.9. The fourth-order valence-corrected chi connectivity index (χ4v) is 7.74. The molecular formula is C25H45N5O6S3. The number of urea groups is 1. The van der Waals surface area contributed by atoms with Crippen molar-refractivity contribution >= 4 is 55.2 Å². The smallest absolute Gasteiger partial charge is 0.315 e. The highest BCUT2D eigenvalue weighted by molar-refractivity contribution is 8.71. The lowest BCUT2D eigenvalue weighted by molar-refractivity contribution is -0.122. The van der Waals surface area contributed by atoms with Crippen molar-refractivity contribution in [2.45, 2.75) is 94.4 Å². The molecule has 3 atom stereocenters. The van der Waals surface area contributed by atoms with Crippen molar-refractivity contribution in [3.05, 3.63) is 0 Å². The molecule has 0 aromatic rings. The first-order chi connectivity index (χ1) is 18.6. The average Bonchev–Trinajstić information content (AvgIpc) is 3.42. The lowest BCUT2D eigenvalue weighted by atomic mass is 10.0. The standard InChI is InChI=1S/C25H45N5O6S3/c1-39(35,36)38-17-16-28-23(33)12-5-3-9-14-26-21(31)11-4-2-8-15-27-22(32)13-7-6-10-20-24-19(18-37-20)29-25(34)30-24/h19-20,24H,2-18H2,1H3,(H,26,31)(H,27,32)(H,28,33)(H2,29,30,34)/t19?,20-,24?/m0/s1. The van der Waals surface area contributed by atoms with Crippen molar-refractivity contribution in [3.63, 3.8) is 0 Å². The third-order valence-electron chi connectivity index (χ3n) is 6.61. The van der Waals surface area contributed by atoms with E-state index < -0.39 is 8.87 Å². The first-order valence-corrected chi connectivity index (χ1v) is 18.4. The van der Waals surface area contributed by atoms with Gasteiger partial charge in [0.1, 0.15) is 0 Å². The monoisotopic (exact) mass is 607 g/mol. The lowest BCUT2D eigenvalue weighted by Gasteiger charge is -2.16. The minimum atomic E-state index is -3.07. The van der Waals surface area contributed by atoms with Gasteiger partial charge in [-0.2, -0.15) is 11.8 Å². The molecule has 0 spiro atoms. The zero-order valence-corrected chi connectivity index (χ0v) is 25.4. The summed E-state index contributed by atoms with van der Waals surface area (Å²) in [5.74, 6) is 1.31. The molecule has 0 saturated carbocycles. The van der Waals surface area contributed by atoms with Crippen molar-refractivity contribution in [2.24, 2.45) is 0 Å². The fourth-order valence-electron chi connectivity index (χ4n) is 4.55. The number of rotatable bonds is 21. The van der Waals surface area contributed by atoms with Crippen molar-refractivity contribution in [1.29, 1.82) is 0 Å². The van der Waals surface area contributed by atoms with Crippen LogP contribution in [0.15, 0.2) is 0 Å². The molecule has 2 aliphatic heterocycles. The second kappa shape index (κ2) is 18.6. The Morgan fingerprint density at radius 2 is 1.36 bits per heavy atom. The van der Waals surface area contributed by atoms with Gasteiger partial charge < -0.3 is 26.6 Å². The van der Waals surface area contributed by atoms with Crippen LogP contribution in [0.25, 0.3) is 0 Å². The summed E-state index contributed by atoms with van der Waals surface area (Å²) < 4.78 is 22.0. The van der Waals surface area contributed by atoms with E-state index in [0.717, 1.165) is 80.6 Å². The van der Waals surface area contributed by atoms with Crippen LogP contribution in [-0.4, -0.2) is 86.9 Å². The largest absolute Gasteiger partial charge is 0.356 e. The molecule has 2 aliphatic rings. The molecule has 39 heavy (non-hydrogen) atoms. The van der Waals surface area contributed by atoms with E-state index in [2.05, 4.69) is 26.6 Å². The Labute approximate surface area is 240 Å². The summed E-state index contributed by atoms with van der Waals surface area (Å²) in [7, 11) is -2.25. The summed E-state index contributed by atoms with van der Waals surface area (Å²) in [4.78, 5) is 47.1. The molecule has 0 bridgehead atoms. The van der Waals surface area contributed by atoms with Gasteiger partial charge in [0.25, 0.3) is 0 Å². The van der Waals surface area contributed by atoms with Crippen LogP contribution in [0.3, 0.4) is 0 Å². The number of hydrogen-bond acceptors (Lipinski definition) is 8. The third kappa shape index (κ3) is 15.6. The predicted octanol–water partition coefficient (Wildman–Crippen LogP) is 1.87. The number of hydrogen-bond donors (Lipinski definition) is 5. The number of carbonyl (C=O) groups excluding carboxylic acids is 4. The van der Waals surface area contributed by atoms with E-state index in [0.29, 0.717) is 49.9 Å². The number of nitrogens with one attached hydrogen (secondary N) is 5. The lowest BCUT2D eigenvalue weighted by Crippen LogP contribution is -2.36. The van der Waals surface area contributed by atoms with Crippen LogP contribution in [0.5, 0.6) is 0 Å². The topological polar surface area (TPSA) is 163 Å². The van der Waals surface area contributed by atoms with Gasteiger partial charge in [-0.3, -0.25) is 14.4 Å². The van der Waals surface area contributed by atoms with Gasteiger partial charge >= 0.3 is 6.03 Å². The molecule has 2 rings (SSSR count). The zero-order valence-electron chi connectivity index (χ0n) is 22.9. The SMILES string of the molecule is CS(=O)(=O)SCCNC(=O)CCCCCNC(=O)CCCCCNC(=O)CCCC[C@@H]1SCC2NC(=O)NC21. The van der Waals surface area contributed by atoms with E-state index in [9.17, 15) is 27.6 Å². The summed E-state index contributed by atoms with van der Waals surface area (Å²) in [6, 6.07) is 0.396. The molecule has 14 heteroatoms. The van der Waals surface area contributed by atoms with Crippen LogP contribution in [0, 0.1) is 0 Å². The highest BCUT2D eigenvalue weighted by Crippen LogP contribution is 2.33. The molecule has 0 aromatic carbocycles. The van der Waals surface area contributed by atoms with Crippen LogP contribution in [0.4, 0.5) is 4.79 Å². The fraction of sp³-hybridized carbons (Fsp3) is 0.840.